The molecule has 0 saturated heterocycles. The van der Waals surface area contributed by atoms with Gasteiger partial charge in [-0.15, -0.1) is 0 Å². The van der Waals surface area contributed by atoms with E-state index < -0.39 is 17.6 Å². The second-order valence-corrected chi connectivity index (χ2v) is 7.05. The largest absolute Gasteiger partial charge is 0.390 e. The van der Waals surface area contributed by atoms with Gasteiger partial charge in [0.25, 0.3) is 5.56 Å². The lowest BCUT2D eigenvalue weighted by atomic mass is 9.68. The van der Waals surface area contributed by atoms with E-state index in [9.17, 15) is 14.7 Å². The van der Waals surface area contributed by atoms with Crippen molar-refractivity contribution in [3.05, 3.63) is 68.1 Å². The predicted octanol–water partition coefficient (Wildman–Crippen LogP) is 3.33. The Labute approximate surface area is 143 Å². The summed E-state index contributed by atoms with van der Waals surface area (Å²) in [5.74, 6) is -0.223. The van der Waals surface area contributed by atoms with Crippen LogP contribution in [0.2, 0.25) is 10.0 Å². The highest BCUT2D eigenvalue weighted by atomic mass is 35.5. The molecule has 4 nitrogen and oxygen atoms in total. The van der Waals surface area contributed by atoms with Gasteiger partial charge in [-0.3, -0.25) is 9.59 Å². The number of ketones is 1. The molecule has 0 aliphatic heterocycles. The summed E-state index contributed by atoms with van der Waals surface area (Å²) >= 11 is 12.1. The Hall–Kier alpha value is -1.62. The Kier molecular flexibility index (Phi) is 3.87. The number of nitrogens with zero attached hydrogens (tertiary/aromatic N) is 1. The number of benzene rings is 1. The standard InChI is InChI=1S/C17H15Cl2NO3/c1-17(2)15(22)10-8-12(19)11(18)7-9(10)14(16(17)23)20-6-4-3-5-13(20)21/h3-8,14,16,23H,1-2H3/t14-,16+/m1/s1. The minimum absolute atomic E-state index is 0.223. The number of aliphatic hydroxyl groups excluding tert-OH is 1. The molecule has 1 N–H and O–H groups in total. The molecule has 23 heavy (non-hydrogen) atoms. The molecule has 0 saturated carbocycles. The molecule has 120 valence electrons. The maximum absolute atomic E-state index is 12.7. The first kappa shape index (κ1) is 16.2. The van der Waals surface area contributed by atoms with Crippen LogP contribution < -0.4 is 5.56 Å². The van der Waals surface area contributed by atoms with Gasteiger partial charge in [-0.2, -0.15) is 0 Å². The highest BCUT2D eigenvalue weighted by Gasteiger charge is 2.48. The second-order valence-electron chi connectivity index (χ2n) is 6.24. The third-order valence-corrected chi connectivity index (χ3v) is 5.15. The molecule has 0 spiro atoms. The Morgan fingerprint density at radius 1 is 1.13 bits per heavy atom. The van der Waals surface area contributed by atoms with Crippen LogP contribution in [0, 0.1) is 5.41 Å². The van der Waals surface area contributed by atoms with E-state index in [0.717, 1.165) is 0 Å². The summed E-state index contributed by atoms with van der Waals surface area (Å²) in [5.41, 5.74) is -0.428. The van der Waals surface area contributed by atoms with Crippen LogP contribution in [-0.4, -0.2) is 21.6 Å². The molecular weight excluding hydrogens is 337 g/mol. The molecule has 1 aliphatic carbocycles. The number of aromatic nitrogens is 1. The lowest BCUT2D eigenvalue weighted by Gasteiger charge is -2.41. The van der Waals surface area contributed by atoms with Crippen molar-refractivity contribution in [3.63, 3.8) is 0 Å². The molecule has 3 rings (SSSR count). The number of hydrogen-bond acceptors (Lipinski definition) is 3. The molecule has 2 aromatic rings. The van der Waals surface area contributed by atoms with Crippen LogP contribution in [-0.2, 0) is 0 Å². The summed E-state index contributed by atoms with van der Waals surface area (Å²) < 4.78 is 1.42. The molecule has 0 bridgehead atoms. The van der Waals surface area contributed by atoms with E-state index in [2.05, 4.69) is 0 Å². The van der Waals surface area contributed by atoms with E-state index in [1.807, 2.05) is 0 Å². The number of carbonyl (C=O) groups is 1. The maximum atomic E-state index is 12.7. The molecule has 1 heterocycles. The zero-order valence-electron chi connectivity index (χ0n) is 12.6. The molecule has 6 heteroatoms. The van der Waals surface area contributed by atoms with Gasteiger partial charge in [-0.25, -0.2) is 0 Å². The van der Waals surface area contributed by atoms with Crippen molar-refractivity contribution in [2.75, 3.05) is 0 Å². The third kappa shape index (κ3) is 2.42. The number of pyridine rings is 1. The van der Waals surface area contributed by atoms with E-state index in [0.29, 0.717) is 11.1 Å². The topological polar surface area (TPSA) is 59.3 Å². The van der Waals surface area contributed by atoms with Crippen LogP contribution >= 0.6 is 23.2 Å². The maximum Gasteiger partial charge on any atom is 0.251 e. The van der Waals surface area contributed by atoms with Crippen molar-refractivity contribution in [2.24, 2.45) is 5.41 Å². The second kappa shape index (κ2) is 5.48. The monoisotopic (exact) mass is 351 g/mol. The van der Waals surface area contributed by atoms with Gasteiger partial charge in [-0.05, 0) is 37.6 Å². The Balaban J connectivity index is 2.34. The van der Waals surface area contributed by atoms with Gasteiger partial charge in [0.15, 0.2) is 5.78 Å². The summed E-state index contributed by atoms with van der Waals surface area (Å²) in [6.07, 6.45) is 0.522. The van der Waals surface area contributed by atoms with Crippen LogP contribution in [0.3, 0.4) is 0 Å². The average Bonchev–Trinajstić information content (AvgIpc) is 2.50. The lowest BCUT2D eigenvalue weighted by Crippen LogP contribution is -2.49. The minimum atomic E-state index is -1.07. The number of hydrogen-bond donors (Lipinski definition) is 1. The van der Waals surface area contributed by atoms with Crippen molar-refractivity contribution < 1.29 is 9.90 Å². The first-order valence-corrected chi connectivity index (χ1v) is 7.89. The van der Waals surface area contributed by atoms with Crippen molar-refractivity contribution in [3.8, 4) is 0 Å². The molecule has 0 amide bonds. The van der Waals surface area contributed by atoms with E-state index in [1.54, 1.807) is 38.2 Å². The first-order chi connectivity index (χ1) is 10.7. The summed E-state index contributed by atoms with van der Waals surface area (Å²) in [5, 5.41) is 11.3. The van der Waals surface area contributed by atoms with Gasteiger partial charge in [0.05, 0.1) is 27.6 Å². The highest BCUT2D eigenvalue weighted by Crippen LogP contribution is 2.44. The molecule has 1 aromatic heterocycles. The van der Waals surface area contributed by atoms with Crippen molar-refractivity contribution >= 4 is 29.0 Å². The number of Topliss-reactive ketones (excluding diaryl/α,β-unsaturated/α-hetero) is 1. The first-order valence-electron chi connectivity index (χ1n) is 7.14. The van der Waals surface area contributed by atoms with Crippen LogP contribution in [0.15, 0.2) is 41.3 Å². The summed E-state index contributed by atoms with van der Waals surface area (Å²) in [6.45, 7) is 3.32. The smallest absolute Gasteiger partial charge is 0.251 e. The summed E-state index contributed by atoms with van der Waals surface area (Å²) in [7, 11) is 0. The van der Waals surface area contributed by atoms with E-state index in [1.165, 1.54) is 16.7 Å². The zero-order valence-corrected chi connectivity index (χ0v) is 14.1. The summed E-state index contributed by atoms with van der Waals surface area (Å²) in [4.78, 5) is 25.0. The number of carbonyl (C=O) groups excluding carboxylic acids is 1. The molecule has 1 aliphatic rings. The van der Waals surface area contributed by atoms with Crippen LogP contribution in [0.25, 0.3) is 0 Å². The van der Waals surface area contributed by atoms with Crippen LogP contribution in [0.5, 0.6) is 0 Å². The fourth-order valence-electron chi connectivity index (χ4n) is 3.02. The quantitative estimate of drug-likeness (QED) is 0.857. The van der Waals surface area contributed by atoms with Gasteiger partial charge in [0.2, 0.25) is 0 Å². The van der Waals surface area contributed by atoms with Gasteiger partial charge >= 0.3 is 0 Å². The predicted molar refractivity (Wildman–Crippen MR) is 89.4 cm³/mol. The van der Waals surface area contributed by atoms with Crippen LogP contribution in [0.1, 0.15) is 35.8 Å². The average molecular weight is 352 g/mol. The highest BCUT2D eigenvalue weighted by molar-refractivity contribution is 6.42. The number of aliphatic hydroxyl groups is 1. The van der Waals surface area contributed by atoms with Crippen molar-refractivity contribution in [1.29, 1.82) is 0 Å². The number of rotatable bonds is 1. The minimum Gasteiger partial charge on any atom is -0.390 e. The van der Waals surface area contributed by atoms with Crippen molar-refractivity contribution in [2.45, 2.75) is 26.0 Å². The van der Waals surface area contributed by atoms with E-state index in [4.69, 9.17) is 23.2 Å². The SMILES string of the molecule is CC1(C)C(=O)c2cc(Cl)c(Cl)cc2[C@@H](n2ccccc2=O)[C@@H]1O. The molecule has 0 unspecified atom stereocenters. The Morgan fingerprint density at radius 2 is 1.78 bits per heavy atom. The normalized spacial score (nSPS) is 22.7. The zero-order chi connectivity index (χ0) is 16.9. The van der Waals surface area contributed by atoms with Crippen molar-refractivity contribution in [1.82, 2.24) is 4.57 Å². The molecular formula is C17H15Cl2NO3. The third-order valence-electron chi connectivity index (χ3n) is 4.43. The van der Waals surface area contributed by atoms with Crippen LogP contribution in [0.4, 0.5) is 0 Å². The molecule has 2 atom stereocenters. The Morgan fingerprint density at radius 3 is 2.43 bits per heavy atom. The fourth-order valence-corrected chi connectivity index (χ4v) is 3.36. The number of halogens is 2. The van der Waals surface area contributed by atoms with E-state index >= 15 is 0 Å². The lowest BCUT2D eigenvalue weighted by molar-refractivity contribution is 0.0134. The van der Waals surface area contributed by atoms with Gasteiger partial charge in [0.1, 0.15) is 0 Å². The van der Waals surface area contributed by atoms with Gasteiger partial charge in [0, 0.05) is 17.8 Å². The van der Waals surface area contributed by atoms with Gasteiger partial charge < -0.3 is 9.67 Å². The molecule has 0 fully saturated rings. The molecule has 1 aromatic carbocycles. The Bertz CT molecular complexity index is 857. The fraction of sp³-hybridized carbons (Fsp3) is 0.294. The molecule has 0 radical (unpaired) electrons. The van der Waals surface area contributed by atoms with Gasteiger partial charge in [-0.1, -0.05) is 29.3 Å². The summed E-state index contributed by atoms with van der Waals surface area (Å²) in [6, 6.07) is 7.10. The number of fused-ring (bicyclic) bond motifs is 1. The van der Waals surface area contributed by atoms with E-state index in [-0.39, 0.29) is 21.4 Å².